The van der Waals surface area contributed by atoms with Gasteiger partial charge in [0.25, 0.3) is 0 Å². The number of carbonyl (C=O) groups excluding carboxylic acids is 1. The quantitative estimate of drug-likeness (QED) is 0.793. The number of ether oxygens (including phenoxy) is 1. The van der Waals surface area contributed by atoms with Gasteiger partial charge in [0.1, 0.15) is 5.75 Å². The van der Waals surface area contributed by atoms with Gasteiger partial charge in [-0.25, -0.2) is 0 Å². The molecule has 0 saturated carbocycles. The highest BCUT2D eigenvalue weighted by Crippen LogP contribution is 2.23. The summed E-state index contributed by atoms with van der Waals surface area (Å²) in [5.41, 5.74) is 1.07. The minimum Gasteiger partial charge on any atom is -0.496 e. The van der Waals surface area contributed by atoms with E-state index in [0.717, 1.165) is 0 Å². The standard InChI is InChI=1S/C12H12ClN3O2/c1-16-7-9(14-15-16)6-11(17)10-5-8(13)3-4-12(10)18-2/h3-5,7H,6H2,1-2H3. The number of hydrogen-bond acceptors (Lipinski definition) is 4. The van der Waals surface area contributed by atoms with Crippen LogP contribution in [-0.2, 0) is 13.5 Å². The third kappa shape index (κ3) is 2.68. The number of carbonyl (C=O) groups is 1. The first-order valence-corrected chi connectivity index (χ1v) is 5.70. The van der Waals surface area contributed by atoms with Crippen LogP contribution in [0, 0.1) is 0 Å². The van der Waals surface area contributed by atoms with Crippen LogP contribution in [0.1, 0.15) is 16.1 Å². The highest BCUT2D eigenvalue weighted by molar-refractivity contribution is 6.31. The molecule has 1 heterocycles. The summed E-state index contributed by atoms with van der Waals surface area (Å²) in [4.78, 5) is 12.1. The van der Waals surface area contributed by atoms with Gasteiger partial charge >= 0.3 is 0 Å². The van der Waals surface area contributed by atoms with Crippen LogP contribution in [0.2, 0.25) is 5.02 Å². The molecule has 0 radical (unpaired) electrons. The molecule has 0 aliphatic carbocycles. The molecule has 0 unspecified atom stereocenters. The van der Waals surface area contributed by atoms with Gasteiger partial charge in [0, 0.05) is 18.3 Å². The Hall–Kier alpha value is -1.88. The molecular formula is C12H12ClN3O2. The maximum Gasteiger partial charge on any atom is 0.172 e. The number of benzene rings is 1. The van der Waals surface area contributed by atoms with Crippen LogP contribution in [0.25, 0.3) is 0 Å². The van der Waals surface area contributed by atoms with E-state index in [1.54, 1.807) is 36.1 Å². The third-order valence-corrected chi connectivity index (χ3v) is 2.69. The van der Waals surface area contributed by atoms with E-state index < -0.39 is 0 Å². The number of Topliss-reactive ketones (excluding diaryl/α,β-unsaturated/α-hetero) is 1. The minimum absolute atomic E-state index is 0.102. The van der Waals surface area contributed by atoms with Crippen molar-refractivity contribution in [1.82, 2.24) is 15.0 Å². The lowest BCUT2D eigenvalue weighted by molar-refractivity contribution is 0.0989. The summed E-state index contributed by atoms with van der Waals surface area (Å²) >= 11 is 5.89. The van der Waals surface area contributed by atoms with Gasteiger partial charge in [0.05, 0.1) is 24.8 Å². The monoisotopic (exact) mass is 265 g/mol. The number of nitrogens with zero attached hydrogens (tertiary/aromatic N) is 3. The number of aryl methyl sites for hydroxylation is 1. The fraction of sp³-hybridized carbons (Fsp3) is 0.250. The SMILES string of the molecule is COc1ccc(Cl)cc1C(=O)Cc1cn(C)nn1. The molecule has 0 bridgehead atoms. The van der Waals surface area contributed by atoms with Crippen LogP contribution in [0.5, 0.6) is 5.75 Å². The highest BCUT2D eigenvalue weighted by atomic mass is 35.5. The number of hydrogen-bond donors (Lipinski definition) is 0. The Kier molecular flexibility index (Phi) is 3.62. The highest BCUT2D eigenvalue weighted by Gasteiger charge is 2.15. The molecule has 5 nitrogen and oxygen atoms in total. The van der Waals surface area contributed by atoms with Crippen LogP contribution in [0.4, 0.5) is 0 Å². The molecule has 0 aliphatic heterocycles. The topological polar surface area (TPSA) is 57.0 Å². The van der Waals surface area contributed by atoms with Crippen molar-refractivity contribution in [3.63, 3.8) is 0 Å². The van der Waals surface area contributed by atoms with Crippen molar-refractivity contribution in [1.29, 1.82) is 0 Å². The van der Waals surface area contributed by atoms with Gasteiger partial charge in [0.2, 0.25) is 0 Å². The number of rotatable bonds is 4. The second kappa shape index (κ2) is 5.18. The zero-order valence-electron chi connectivity index (χ0n) is 10.1. The zero-order valence-corrected chi connectivity index (χ0v) is 10.8. The molecule has 0 saturated heterocycles. The number of ketones is 1. The van der Waals surface area contributed by atoms with Gasteiger partial charge in [0.15, 0.2) is 5.78 Å². The van der Waals surface area contributed by atoms with Gasteiger partial charge in [-0.3, -0.25) is 9.48 Å². The van der Waals surface area contributed by atoms with Gasteiger partial charge in [-0.2, -0.15) is 0 Å². The molecule has 2 rings (SSSR count). The van der Waals surface area contributed by atoms with E-state index in [0.29, 0.717) is 22.0 Å². The summed E-state index contributed by atoms with van der Waals surface area (Å²) in [5, 5.41) is 8.16. The molecule has 0 N–H and O–H groups in total. The molecule has 6 heteroatoms. The van der Waals surface area contributed by atoms with Crippen molar-refractivity contribution in [3.05, 3.63) is 40.7 Å². The van der Waals surface area contributed by atoms with E-state index >= 15 is 0 Å². The predicted molar refractivity (Wildman–Crippen MR) is 67.0 cm³/mol. The molecule has 0 fully saturated rings. The summed E-state index contributed by atoms with van der Waals surface area (Å²) in [7, 11) is 3.27. The summed E-state index contributed by atoms with van der Waals surface area (Å²) < 4.78 is 6.70. The fourth-order valence-corrected chi connectivity index (χ4v) is 1.81. The number of methoxy groups -OCH3 is 1. The van der Waals surface area contributed by atoms with E-state index in [2.05, 4.69) is 10.3 Å². The summed E-state index contributed by atoms with van der Waals surface area (Å²) in [6.45, 7) is 0. The first-order chi connectivity index (χ1) is 8.60. The van der Waals surface area contributed by atoms with Gasteiger partial charge in [-0.1, -0.05) is 16.8 Å². The lowest BCUT2D eigenvalue weighted by Gasteiger charge is -2.06. The molecule has 1 aromatic carbocycles. The first-order valence-electron chi connectivity index (χ1n) is 5.32. The number of halogens is 1. The molecule has 1 aromatic heterocycles. The van der Waals surface area contributed by atoms with E-state index in [1.165, 1.54) is 7.11 Å². The van der Waals surface area contributed by atoms with Crippen molar-refractivity contribution >= 4 is 17.4 Å². The van der Waals surface area contributed by atoms with Crippen molar-refractivity contribution in [2.75, 3.05) is 7.11 Å². The molecular weight excluding hydrogens is 254 g/mol. The Balaban J connectivity index is 2.25. The lowest BCUT2D eigenvalue weighted by atomic mass is 10.1. The Labute approximate surface area is 109 Å². The molecule has 0 atom stereocenters. The van der Waals surface area contributed by atoms with Crippen LogP contribution in [0.15, 0.2) is 24.4 Å². The fourth-order valence-electron chi connectivity index (χ4n) is 1.63. The van der Waals surface area contributed by atoms with Crippen molar-refractivity contribution in [3.8, 4) is 5.75 Å². The molecule has 18 heavy (non-hydrogen) atoms. The van der Waals surface area contributed by atoms with Crippen LogP contribution < -0.4 is 4.74 Å². The summed E-state index contributed by atoms with van der Waals surface area (Å²) in [6, 6.07) is 4.95. The third-order valence-electron chi connectivity index (χ3n) is 2.45. The minimum atomic E-state index is -0.102. The van der Waals surface area contributed by atoms with Crippen LogP contribution >= 0.6 is 11.6 Å². The van der Waals surface area contributed by atoms with E-state index in [1.807, 2.05) is 0 Å². The molecule has 94 valence electrons. The summed E-state index contributed by atoms with van der Waals surface area (Å²) in [5.74, 6) is 0.406. The maximum absolute atomic E-state index is 12.1. The van der Waals surface area contributed by atoms with E-state index in [9.17, 15) is 4.79 Å². The van der Waals surface area contributed by atoms with Crippen molar-refractivity contribution in [2.45, 2.75) is 6.42 Å². The average molecular weight is 266 g/mol. The zero-order chi connectivity index (χ0) is 13.1. The first kappa shape index (κ1) is 12.6. The molecule has 0 aliphatic rings. The van der Waals surface area contributed by atoms with Crippen LogP contribution in [0.3, 0.4) is 0 Å². The average Bonchev–Trinajstić information content (AvgIpc) is 2.74. The lowest BCUT2D eigenvalue weighted by Crippen LogP contribution is -2.06. The Morgan fingerprint density at radius 3 is 2.89 bits per heavy atom. The van der Waals surface area contributed by atoms with Gasteiger partial charge < -0.3 is 4.74 Å². The van der Waals surface area contributed by atoms with E-state index in [4.69, 9.17) is 16.3 Å². The van der Waals surface area contributed by atoms with Crippen molar-refractivity contribution < 1.29 is 9.53 Å². The Bertz CT molecular complexity index is 580. The molecule has 2 aromatic rings. The Morgan fingerprint density at radius 1 is 1.50 bits per heavy atom. The summed E-state index contributed by atoms with van der Waals surface area (Å²) in [6.07, 6.45) is 1.87. The van der Waals surface area contributed by atoms with Gasteiger partial charge in [-0.15, -0.1) is 5.10 Å². The Morgan fingerprint density at radius 2 is 2.28 bits per heavy atom. The molecule has 0 amide bonds. The maximum atomic E-state index is 12.1. The smallest absolute Gasteiger partial charge is 0.172 e. The predicted octanol–water partition coefficient (Wildman–Crippen LogP) is 1.90. The number of aromatic nitrogens is 3. The largest absolute Gasteiger partial charge is 0.496 e. The van der Waals surface area contributed by atoms with Gasteiger partial charge in [-0.05, 0) is 18.2 Å². The normalized spacial score (nSPS) is 10.4. The van der Waals surface area contributed by atoms with Crippen LogP contribution in [-0.4, -0.2) is 27.9 Å². The molecule has 0 spiro atoms. The van der Waals surface area contributed by atoms with E-state index in [-0.39, 0.29) is 12.2 Å². The second-order valence-corrected chi connectivity index (χ2v) is 4.26. The second-order valence-electron chi connectivity index (χ2n) is 3.83. The van der Waals surface area contributed by atoms with Crippen molar-refractivity contribution in [2.24, 2.45) is 7.05 Å².